The lowest BCUT2D eigenvalue weighted by atomic mass is 9.74. The molecule has 5 nitrogen and oxygen atoms in total. The minimum atomic E-state index is -4.60. The zero-order chi connectivity index (χ0) is 22.8. The fraction of sp³-hybridized carbons (Fsp3) is 0.600. The van der Waals surface area contributed by atoms with Gasteiger partial charge in [-0.3, -0.25) is 9.59 Å². The Bertz CT molecular complexity index is 811. The molecule has 2 unspecified atom stereocenters. The van der Waals surface area contributed by atoms with E-state index < -0.39 is 35.6 Å². The van der Waals surface area contributed by atoms with Crippen LogP contribution in [0.15, 0.2) is 18.2 Å². The first kappa shape index (κ1) is 24.1. The number of alkyl halides is 4. The molecule has 2 atom stereocenters. The van der Waals surface area contributed by atoms with Crippen LogP contribution in [-0.2, 0) is 4.79 Å². The lowest BCUT2D eigenvalue weighted by Gasteiger charge is -2.41. The molecule has 2 saturated heterocycles. The molecule has 172 valence electrons. The van der Waals surface area contributed by atoms with Crippen LogP contribution in [0.5, 0.6) is 0 Å². The van der Waals surface area contributed by atoms with Crippen molar-refractivity contribution >= 4 is 35.0 Å². The Kier molecular flexibility index (Phi) is 7.38. The topological polar surface area (TPSA) is 61.4 Å². The molecule has 2 N–H and O–H groups in total. The Hall–Kier alpha value is -1.58. The van der Waals surface area contributed by atoms with Gasteiger partial charge in [0.05, 0.1) is 0 Å². The molecule has 31 heavy (non-hydrogen) atoms. The zero-order valence-corrected chi connectivity index (χ0v) is 18.1. The van der Waals surface area contributed by atoms with Crippen molar-refractivity contribution in [3.8, 4) is 0 Å². The summed E-state index contributed by atoms with van der Waals surface area (Å²) < 4.78 is 55.4. The van der Waals surface area contributed by atoms with Crippen molar-refractivity contribution in [1.29, 1.82) is 0 Å². The predicted octanol–water partition coefficient (Wildman–Crippen LogP) is 3.98. The summed E-state index contributed by atoms with van der Waals surface area (Å²) in [5, 5.41) is 6.17. The van der Waals surface area contributed by atoms with Gasteiger partial charge in [0.2, 0.25) is 0 Å². The highest BCUT2D eigenvalue weighted by Crippen LogP contribution is 2.39. The van der Waals surface area contributed by atoms with Gasteiger partial charge < -0.3 is 15.5 Å². The van der Waals surface area contributed by atoms with Crippen LogP contribution >= 0.6 is 23.2 Å². The molecule has 2 aliphatic heterocycles. The van der Waals surface area contributed by atoms with Crippen molar-refractivity contribution in [3.63, 3.8) is 0 Å². The van der Waals surface area contributed by atoms with Crippen LogP contribution in [0.2, 0.25) is 10.0 Å². The predicted molar refractivity (Wildman–Crippen MR) is 109 cm³/mol. The SMILES string of the molecule is O=C(NCC1(C(F)C(=O)N2CCCC2C(F)(F)F)CCNCC1)c1cc(Cl)cc(Cl)c1. The van der Waals surface area contributed by atoms with Crippen molar-refractivity contribution in [2.24, 2.45) is 5.41 Å². The van der Waals surface area contributed by atoms with Crippen LogP contribution in [0.25, 0.3) is 0 Å². The van der Waals surface area contributed by atoms with Gasteiger partial charge in [-0.2, -0.15) is 13.2 Å². The average molecular weight is 484 g/mol. The van der Waals surface area contributed by atoms with E-state index in [1.165, 1.54) is 18.2 Å². The van der Waals surface area contributed by atoms with Crippen molar-refractivity contribution in [2.45, 2.75) is 44.1 Å². The third-order valence-electron chi connectivity index (χ3n) is 5.99. The number of hydrogen-bond acceptors (Lipinski definition) is 3. The van der Waals surface area contributed by atoms with E-state index in [2.05, 4.69) is 10.6 Å². The van der Waals surface area contributed by atoms with Crippen LogP contribution < -0.4 is 10.6 Å². The number of likely N-dealkylation sites (tertiary alicyclic amines) is 1. The number of hydrogen-bond donors (Lipinski definition) is 2. The molecule has 2 heterocycles. The number of nitrogens with zero attached hydrogens (tertiary/aromatic N) is 1. The quantitative estimate of drug-likeness (QED) is 0.622. The fourth-order valence-corrected chi connectivity index (χ4v) is 4.79. The first-order valence-electron chi connectivity index (χ1n) is 10.00. The number of benzene rings is 1. The van der Waals surface area contributed by atoms with Gasteiger partial charge in [0.15, 0.2) is 6.17 Å². The lowest BCUT2D eigenvalue weighted by molar-refractivity contribution is -0.187. The zero-order valence-electron chi connectivity index (χ0n) is 16.6. The minimum Gasteiger partial charge on any atom is -0.351 e. The van der Waals surface area contributed by atoms with Gasteiger partial charge in [-0.05, 0) is 57.0 Å². The molecule has 3 rings (SSSR count). The summed E-state index contributed by atoms with van der Waals surface area (Å²) >= 11 is 11.8. The second-order valence-corrected chi connectivity index (χ2v) is 8.92. The van der Waals surface area contributed by atoms with Crippen LogP contribution in [0.1, 0.15) is 36.0 Å². The molecule has 0 aromatic heterocycles. The monoisotopic (exact) mass is 483 g/mol. The smallest absolute Gasteiger partial charge is 0.351 e. The van der Waals surface area contributed by atoms with Crippen LogP contribution in [-0.4, -0.2) is 61.3 Å². The Morgan fingerprint density at radius 3 is 2.39 bits per heavy atom. The molecule has 0 aliphatic carbocycles. The number of halogens is 6. The minimum absolute atomic E-state index is 0.134. The van der Waals surface area contributed by atoms with E-state index >= 15 is 4.39 Å². The summed E-state index contributed by atoms with van der Waals surface area (Å²) in [7, 11) is 0. The Labute approximate surface area is 187 Å². The first-order valence-corrected chi connectivity index (χ1v) is 10.8. The normalized spacial score (nSPS) is 22.3. The van der Waals surface area contributed by atoms with E-state index in [1.54, 1.807) is 0 Å². The molecule has 2 fully saturated rings. The van der Waals surface area contributed by atoms with E-state index in [4.69, 9.17) is 23.2 Å². The summed E-state index contributed by atoms with van der Waals surface area (Å²) in [4.78, 5) is 26.0. The van der Waals surface area contributed by atoms with Gasteiger partial charge in [0.1, 0.15) is 6.04 Å². The Morgan fingerprint density at radius 1 is 1.19 bits per heavy atom. The molecule has 2 amide bonds. The third kappa shape index (κ3) is 5.43. The highest BCUT2D eigenvalue weighted by molar-refractivity contribution is 6.35. The van der Waals surface area contributed by atoms with Crippen LogP contribution in [0.4, 0.5) is 17.6 Å². The van der Waals surface area contributed by atoms with Gasteiger partial charge >= 0.3 is 6.18 Å². The van der Waals surface area contributed by atoms with Crippen molar-refractivity contribution < 1.29 is 27.2 Å². The van der Waals surface area contributed by atoms with E-state index in [0.717, 1.165) is 0 Å². The average Bonchev–Trinajstić information content (AvgIpc) is 3.21. The molecule has 1 aromatic rings. The Morgan fingerprint density at radius 2 is 1.81 bits per heavy atom. The van der Waals surface area contributed by atoms with E-state index in [1.807, 2.05) is 0 Å². The molecule has 11 heteroatoms. The molecule has 2 aliphatic rings. The van der Waals surface area contributed by atoms with Gasteiger partial charge in [-0.1, -0.05) is 23.2 Å². The summed E-state index contributed by atoms with van der Waals surface area (Å²) in [6.45, 7) is 0.435. The maximum Gasteiger partial charge on any atom is 0.408 e. The maximum absolute atomic E-state index is 15.6. The summed E-state index contributed by atoms with van der Waals surface area (Å²) in [5.41, 5.74) is -1.14. The summed E-state index contributed by atoms with van der Waals surface area (Å²) in [5.74, 6) is -1.72. The Balaban J connectivity index is 1.76. The number of rotatable bonds is 5. The second-order valence-electron chi connectivity index (χ2n) is 8.05. The van der Waals surface area contributed by atoms with E-state index in [9.17, 15) is 22.8 Å². The van der Waals surface area contributed by atoms with Crippen molar-refractivity contribution in [2.75, 3.05) is 26.2 Å². The van der Waals surface area contributed by atoms with Gasteiger partial charge in [-0.25, -0.2) is 4.39 Å². The third-order valence-corrected chi connectivity index (χ3v) is 6.43. The van der Waals surface area contributed by atoms with Crippen molar-refractivity contribution in [1.82, 2.24) is 15.5 Å². The van der Waals surface area contributed by atoms with Gasteiger partial charge in [0, 0.05) is 34.1 Å². The molecule has 0 spiro atoms. The molecule has 0 bridgehead atoms. The standard InChI is InChI=1S/C20H23Cl2F4N3O2/c21-13-8-12(9-14(22)10-13)17(30)28-11-19(3-5-27-6-4-19)16(23)18(31)29-7-1-2-15(29)20(24,25)26/h8-10,15-16,27H,1-7,11H2,(H,28,30). The molecule has 0 saturated carbocycles. The van der Waals surface area contributed by atoms with Crippen molar-refractivity contribution in [3.05, 3.63) is 33.8 Å². The number of nitrogens with one attached hydrogen (secondary N) is 2. The molecule has 1 aromatic carbocycles. The van der Waals surface area contributed by atoms with E-state index in [0.29, 0.717) is 18.0 Å². The van der Waals surface area contributed by atoms with E-state index in [-0.39, 0.29) is 54.4 Å². The lowest BCUT2D eigenvalue weighted by Crippen LogP contribution is -2.57. The van der Waals surface area contributed by atoms with Crippen LogP contribution in [0.3, 0.4) is 0 Å². The largest absolute Gasteiger partial charge is 0.408 e. The highest BCUT2D eigenvalue weighted by atomic mass is 35.5. The number of amides is 2. The molecular formula is C20H23Cl2F4N3O2. The molecular weight excluding hydrogens is 461 g/mol. The van der Waals surface area contributed by atoms with Gasteiger partial charge in [0.25, 0.3) is 11.8 Å². The molecule has 0 radical (unpaired) electrons. The highest BCUT2D eigenvalue weighted by Gasteiger charge is 2.52. The number of carbonyl (C=O) groups excluding carboxylic acids is 2. The number of carbonyl (C=O) groups is 2. The first-order chi connectivity index (χ1) is 14.5. The van der Waals surface area contributed by atoms with Gasteiger partial charge in [-0.15, -0.1) is 0 Å². The summed E-state index contributed by atoms with van der Waals surface area (Å²) in [6.07, 6.45) is -6.44. The summed E-state index contributed by atoms with van der Waals surface area (Å²) in [6, 6.07) is 2.28. The van der Waals surface area contributed by atoms with Crippen LogP contribution in [0, 0.1) is 5.41 Å². The number of piperidine rings is 1. The second kappa shape index (κ2) is 9.50. The maximum atomic E-state index is 15.6. The fourth-order valence-electron chi connectivity index (χ4n) is 4.27.